The van der Waals surface area contributed by atoms with Crippen LogP contribution in [0.1, 0.15) is 98.8 Å². The van der Waals surface area contributed by atoms with Gasteiger partial charge in [-0.05, 0) is 18.8 Å². The molecule has 1 atom stereocenters. The average Bonchev–Trinajstić information content (AvgIpc) is 2.90. The van der Waals surface area contributed by atoms with Gasteiger partial charge >= 0.3 is 0 Å². The molecule has 0 aliphatic heterocycles. The zero-order chi connectivity index (χ0) is 15.8. The van der Waals surface area contributed by atoms with E-state index < -0.39 is 0 Å². The number of rotatable bonds is 9. The second kappa shape index (κ2) is 18.2. The summed E-state index contributed by atoms with van der Waals surface area (Å²) in [7, 11) is 0. The van der Waals surface area contributed by atoms with Crippen molar-refractivity contribution in [3.63, 3.8) is 0 Å². The van der Waals surface area contributed by atoms with Crippen LogP contribution in [-0.2, 0) is 4.79 Å². The number of unbranched alkanes of at least 4 members (excludes halogenated alkanes) is 6. The van der Waals surface area contributed by atoms with Crippen molar-refractivity contribution in [2.45, 2.75) is 98.8 Å². The molecule has 1 saturated carbocycles. The van der Waals surface area contributed by atoms with E-state index in [2.05, 4.69) is 45.1 Å². The van der Waals surface area contributed by atoms with Crippen molar-refractivity contribution in [1.82, 2.24) is 0 Å². The molecule has 1 fully saturated rings. The maximum atomic E-state index is 11.0. The molecule has 0 aromatic heterocycles. The molecule has 1 aliphatic rings. The molecule has 22 heavy (non-hydrogen) atoms. The quantitative estimate of drug-likeness (QED) is 0.323. The lowest BCUT2D eigenvalue weighted by molar-refractivity contribution is -0.117. The number of hydrogen-bond acceptors (Lipinski definition) is 1. The maximum Gasteiger partial charge on any atom is 0.133 e. The monoisotopic (exact) mass is 308 g/mol. The Morgan fingerprint density at radius 2 is 1.59 bits per heavy atom. The molecule has 130 valence electrons. The molecule has 0 unspecified atom stereocenters. The largest absolute Gasteiger partial charge is 0.300 e. The van der Waals surface area contributed by atoms with Crippen molar-refractivity contribution < 1.29 is 4.79 Å². The van der Waals surface area contributed by atoms with Crippen LogP contribution in [0.3, 0.4) is 0 Å². The van der Waals surface area contributed by atoms with Gasteiger partial charge in [-0.15, -0.1) is 0 Å². The topological polar surface area (TPSA) is 17.1 Å². The van der Waals surface area contributed by atoms with Gasteiger partial charge in [0.1, 0.15) is 5.78 Å². The van der Waals surface area contributed by atoms with Crippen LogP contribution < -0.4 is 0 Å². The SMILES string of the molecule is C.CCCC/C=C/C=C/[C@H]1CCC(=O)C1.CCCCCCC. The number of hydrogen-bond donors (Lipinski definition) is 0. The number of ketones is 1. The highest BCUT2D eigenvalue weighted by Crippen LogP contribution is 2.22. The molecule has 0 saturated heterocycles. The average molecular weight is 309 g/mol. The Balaban J connectivity index is 0. The highest BCUT2D eigenvalue weighted by Gasteiger charge is 2.18. The third-order valence-corrected chi connectivity index (χ3v) is 3.85. The normalized spacial score (nSPS) is 17.6. The third-order valence-electron chi connectivity index (χ3n) is 3.85. The van der Waals surface area contributed by atoms with E-state index in [0.29, 0.717) is 11.7 Å². The first-order valence-corrected chi connectivity index (χ1v) is 9.09. The summed E-state index contributed by atoms with van der Waals surface area (Å²) in [6, 6.07) is 0. The number of carbonyl (C=O) groups is 1. The minimum atomic E-state index is 0. The van der Waals surface area contributed by atoms with E-state index in [1.807, 2.05) is 0 Å². The van der Waals surface area contributed by atoms with Gasteiger partial charge < -0.3 is 0 Å². The van der Waals surface area contributed by atoms with E-state index in [1.165, 1.54) is 51.4 Å². The summed E-state index contributed by atoms with van der Waals surface area (Å²) < 4.78 is 0. The molecular weight excluding hydrogens is 268 g/mol. The lowest BCUT2D eigenvalue weighted by atomic mass is 10.1. The summed E-state index contributed by atoms with van der Waals surface area (Å²) in [6.07, 6.45) is 21.9. The van der Waals surface area contributed by atoms with Crippen LogP contribution in [0.15, 0.2) is 24.3 Å². The van der Waals surface area contributed by atoms with Gasteiger partial charge in [0.2, 0.25) is 0 Å². The Bertz CT molecular complexity index is 284. The van der Waals surface area contributed by atoms with Crippen LogP contribution in [0.5, 0.6) is 0 Å². The molecule has 1 nitrogen and oxygen atoms in total. The van der Waals surface area contributed by atoms with Gasteiger partial charge in [-0.1, -0.05) is 97.4 Å². The van der Waals surface area contributed by atoms with Crippen molar-refractivity contribution in [2.75, 3.05) is 0 Å². The molecule has 0 N–H and O–H groups in total. The smallest absolute Gasteiger partial charge is 0.133 e. The fourth-order valence-electron chi connectivity index (χ4n) is 2.40. The van der Waals surface area contributed by atoms with E-state index in [9.17, 15) is 4.79 Å². The Morgan fingerprint density at radius 3 is 2.09 bits per heavy atom. The molecule has 0 spiro atoms. The van der Waals surface area contributed by atoms with Gasteiger partial charge in [-0.2, -0.15) is 0 Å². The molecule has 1 aliphatic carbocycles. The maximum absolute atomic E-state index is 11.0. The summed E-state index contributed by atoms with van der Waals surface area (Å²) in [6.45, 7) is 6.69. The zero-order valence-corrected chi connectivity index (χ0v) is 14.6. The second-order valence-electron chi connectivity index (χ2n) is 6.06. The first kappa shape index (κ1) is 23.4. The fourth-order valence-corrected chi connectivity index (χ4v) is 2.40. The highest BCUT2D eigenvalue weighted by molar-refractivity contribution is 5.80. The Labute approximate surface area is 140 Å². The van der Waals surface area contributed by atoms with Gasteiger partial charge in [0.05, 0.1) is 0 Å². The summed E-state index contributed by atoms with van der Waals surface area (Å²) >= 11 is 0. The van der Waals surface area contributed by atoms with E-state index in [1.54, 1.807) is 0 Å². The zero-order valence-electron chi connectivity index (χ0n) is 14.6. The fraction of sp³-hybridized carbons (Fsp3) is 0.762. The van der Waals surface area contributed by atoms with E-state index in [-0.39, 0.29) is 7.43 Å². The van der Waals surface area contributed by atoms with Crippen LogP contribution in [-0.4, -0.2) is 5.78 Å². The van der Waals surface area contributed by atoms with Crippen LogP contribution >= 0.6 is 0 Å². The van der Waals surface area contributed by atoms with E-state index >= 15 is 0 Å². The lowest BCUT2D eigenvalue weighted by Crippen LogP contribution is -1.89. The molecule has 0 aromatic rings. The van der Waals surface area contributed by atoms with Crippen molar-refractivity contribution in [2.24, 2.45) is 5.92 Å². The molecule has 0 amide bonds. The molecule has 0 heterocycles. The van der Waals surface area contributed by atoms with Gasteiger partial charge in [0, 0.05) is 12.8 Å². The Morgan fingerprint density at radius 1 is 0.955 bits per heavy atom. The third kappa shape index (κ3) is 15.5. The van der Waals surface area contributed by atoms with Crippen LogP contribution in [0, 0.1) is 5.92 Å². The minimum absolute atomic E-state index is 0. The molecule has 1 heteroatoms. The van der Waals surface area contributed by atoms with Gasteiger partial charge in [-0.25, -0.2) is 0 Å². The van der Waals surface area contributed by atoms with Crippen molar-refractivity contribution in [3.8, 4) is 0 Å². The summed E-state index contributed by atoms with van der Waals surface area (Å²) in [5, 5.41) is 0. The van der Waals surface area contributed by atoms with E-state index in [0.717, 1.165) is 19.3 Å². The first-order chi connectivity index (χ1) is 10.2. The first-order valence-electron chi connectivity index (χ1n) is 9.09. The predicted octanol–water partition coefficient (Wildman–Crippen LogP) is 7.27. The molecule has 0 radical (unpaired) electrons. The minimum Gasteiger partial charge on any atom is -0.300 e. The van der Waals surface area contributed by atoms with Crippen molar-refractivity contribution in [1.29, 1.82) is 0 Å². The number of Topliss-reactive ketones (excluding diaryl/α,β-unsaturated/α-hetero) is 1. The van der Waals surface area contributed by atoms with Crippen molar-refractivity contribution >= 4 is 5.78 Å². The van der Waals surface area contributed by atoms with Crippen molar-refractivity contribution in [3.05, 3.63) is 24.3 Å². The van der Waals surface area contributed by atoms with Crippen LogP contribution in [0.2, 0.25) is 0 Å². The highest BCUT2D eigenvalue weighted by atomic mass is 16.1. The summed E-state index contributed by atoms with van der Waals surface area (Å²) in [5.41, 5.74) is 0. The summed E-state index contributed by atoms with van der Waals surface area (Å²) in [4.78, 5) is 11.0. The molecule has 1 rings (SSSR count). The molecule has 0 bridgehead atoms. The number of allylic oxidation sites excluding steroid dienone is 4. The lowest BCUT2D eigenvalue weighted by Gasteiger charge is -1.96. The van der Waals surface area contributed by atoms with E-state index in [4.69, 9.17) is 0 Å². The molecular formula is C21H40O. The standard InChI is InChI=1S/C13H20O.C7H16.CH4/c1-2-3-4-5-6-7-8-12-9-10-13(14)11-12;1-3-5-7-6-4-2;/h5-8,12H,2-4,9-11H2,1H3;3-7H2,1-2H3;1H4/b6-5+,8-7+;;/t12-;;/m0../s1. The molecule has 0 aromatic carbocycles. The van der Waals surface area contributed by atoms with Gasteiger partial charge in [0.25, 0.3) is 0 Å². The Kier molecular flexibility index (Phi) is 19.4. The second-order valence-corrected chi connectivity index (χ2v) is 6.06. The van der Waals surface area contributed by atoms with Gasteiger partial charge in [0.15, 0.2) is 0 Å². The summed E-state index contributed by atoms with van der Waals surface area (Å²) in [5.74, 6) is 0.938. The van der Waals surface area contributed by atoms with Gasteiger partial charge in [-0.3, -0.25) is 4.79 Å². The number of carbonyl (C=O) groups excluding carboxylic acids is 1. The van der Waals surface area contributed by atoms with Crippen LogP contribution in [0.25, 0.3) is 0 Å². The van der Waals surface area contributed by atoms with Crippen LogP contribution in [0.4, 0.5) is 0 Å². The Hall–Kier alpha value is -0.850. The predicted molar refractivity (Wildman–Crippen MR) is 101 cm³/mol.